The van der Waals surface area contributed by atoms with Gasteiger partial charge in [-0.3, -0.25) is 10.4 Å². The summed E-state index contributed by atoms with van der Waals surface area (Å²) >= 11 is 5.89. The first-order valence-corrected chi connectivity index (χ1v) is 11.1. The number of sulfonamides is 1. The van der Waals surface area contributed by atoms with Crippen molar-refractivity contribution in [2.24, 2.45) is 16.0 Å². The Bertz CT molecular complexity index is 1220. The van der Waals surface area contributed by atoms with E-state index in [1.165, 1.54) is 36.4 Å². The third kappa shape index (κ3) is 5.47. The number of amidine groups is 1. The van der Waals surface area contributed by atoms with E-state index in [1.807, 2.05) is 0 Å². The van der Waals surface area contributed by atoms with Gasteiger partial charge in [-0.25, -0.2) is 12.8 Å². The summed E-state index contributed by atoms with van der Waals surface area (Å²) in [5.41, 5.74) is 3.47. The van der Waals surface area contributed by atoms with Crippen LogP contribution >= 0.6 is 11.6 Å². The molecule has 0 aliphatic carbocycles. The predicted molar refractivity (Wildman–Crippen MR) is 122 cm³/mol. The number of nitrogens with zero attached hydrogens (tertiary/aromatic N) is 4. The van der Waals surface area contributed by atoms with E-state index >= 15 is 0 Å². The first kappa shape index (κ1) is 23.3. The number of hydrogen-bond donors (Lipinski definition) is 2. The van der Waals surface area contributed by atoms with E-state index < -0.39 is 15.8 Å². The first-order chi connectivity index (χ1) is 15.3. The second-order valence-electron chi connectivity index (χ2n) is 6.60. The highest BCUT2D eigenvalue weighted by molar-refractivity contribution is 7.89. The third-order valence-electron chi connectivity index (χ3n) is 4.50. The Labute approximate surface area is 190 Å². The molecule has 2 aromatic carbocycles. The Morgan fingerprint density at radius 1 is 1.16 bits per heavy atom. The normalized spacial score (nSPS) is 12.0. The molecule has 166 valence electrons. The Morgan fingerprint density at radius 2 is 1.91 bits per heavy atom. The maximum atomic E-state index is 14.9. The number of aromatic nitrogens is 1. The van der Waals surface area contributed by atoms with Crippen molar-refractivity contribution in [1.82, 2.24) is 14.7 Å². The zero-order valence-electron chi connectivity index (χ0n) is 16.8. The van der Waals surface area contributed by atoms with Gasteiger partial charge in [-0.2, -0.15) is 14.5 Å². The van der Waals surface area contributed by atoms with Crippen LogP contribution in [0.15, 0.2) is 82.0 Å². The summed E-state index contributed by atoms with van der Waals surface area (Å²) in [7, 11) is -3.98. The maximum Gasteiger partial charge on any atom is 0.243 e. The Kier molecular flexibility index (Phi) is 7.52. The molecule has 0 fully saturated rings. The van der Waals surface area contributed by atoms with E-state index in [0.717, 1.165) is 4.31 Å². The smallest absolute Gasteiger partial charge is 0.243 e. The summed E-state index contributed by atoms with van der Waals surface area (Å²) in [6, 6.07) is 15.1. The summed E-state index contributed by atoms with van der Waals surface area (Å²) in [4.78, 5) is 4.23. The number of pyridine rings is 1. The standard InChI is InChI=1S/C21H20ClFN6O2S/c1-25-28-21(27-24)15-5-6-16(20(23)12-15)13-29(14-18-4-2-3-11-26-18)32(30,31)19-9-7-17(22)8-10-19/h2-12H,1,13-14,24H2,(H,27,28). The summed E-state index contributed by atoms with van der Waals surface area (Å²) in [6.45, 7) is 3.00. The molecule has 3 rings (SSSR count). The van der Waals surface area contributed by atoms with Crippen LogP contribution in [0.2, 0.25) is 5.02 Å². The largest absolute Gasteiger partial charge is 0.321 e. The Morgan fingerprint density at radius 3 is 2.50 bits per heavy atom. The number of halogens is 2. The molecule has 0 spiro atoms. The van der Waals surface area contributed by atoms with Gasteiger partial charge in [-0.05, 0) is 42.5 Å². The third-order valence-corrected chi connectivity index (χ3v) is 6.56. The number of benzene rings is 2. The van der Waals surface area contributed by atoms with Crippen molar-refractivity contribution in [3.8, 4) is 0 Å². The van der Waals surface area contributed by atoms with E-state index in [2.05, 4.69) is 27.3 Å². The van der Waals surface area contributed by atoms with Gasteiger partial charge in [-0.15, -0.1) is 0 Å². The van der Waals surface area contributed by atoms with Gasteiger partial charge in [0.25, 0.3) is 0 Å². The average molecular weight is 475 g/mol. The number of rotatable bonds is 8. The maximum absolute atomic E-state index is 14.9. The molecule has 0 amide bonds. The van der Waals surface area contributed by atoms with Crippen LogP contribution < -0.4 is 11.3 Å². The van der Waals surface area contributed by atoms with Crippen LogP contribution in [0.1, 0.15) is 16.8 Å². The molecule has 0 unspecified atom stereocenters. The van der Waals surface area contributed by atoms with E-state index in [0.29, 0.717) is 16.3 Å². The lowest BCUT2D eigenvalue weighted by Crippen LogP contribution is -2.31. The molecule has 0 saturated carbocycles. The molecule has 0 aliphatic rings. The Hall–Kier alpha value is -3.34. The Balaban J connectivity index is 1.97. The minimum absolute atomic E-state index is 0.0358. The second kappa shape index (κ2) is 10.3. The van der Waals surface area contributed by atoms with Gasteiger partial charge in [-0.1, -0.05) is 29.8 Å². The van der Waals surface area contributed by atoms with Gasteiger partial charge in [0.1, 0.15) is 5.82 Å². The van der Waals surface area contributed by atoms with Gasteiger partial charge >= 0.3 is 0 Å². The fraction of sp³-hybridized carbons (Fsp3) is 0.0952. The fourth-order valence-corrected chi connectivity index (χ4v) is 4.42. The van der Waals surface area contributed by atoms with Gasteiger partial charge < -0.3 is 5.84 Å². The van der Waals surface area contributed by atoms with Crippen molar-refractivity contribution >= 4 is 34.2 Å². The van der Waals surface area contributed by atoms with E-state index in [4.69, 9.17) is 17.4 Å². The van der Waals surface area contributed by atoms with Gasteiger partial charge in [0.15, 0.2) is 5.84 Å². The molecular formula is C21H20ClFN6O2S. The lowest BCUT2D eigenvalue weighted by atomic mass is 10.1. The molecule has 8 nitrogen and oxygen atoms in total. The van der Waals surface area contributed by atoms with Crippen molar-refractivity contribution in [3.05, 3.63) is 94.5 Å². The SMILES string of the molecule is C=NN/C(=N\N)c1ccc(CN(Cc2ccccn2)S(=O)(=O)c2ccc(Cl)cc2)c(F)c1. The zero-order valence-corrected chi connectivity index (χ0v) is 18.4. The van der Waals surface area contributed by atoms with Crippen molar-refractivity contribution < 1.29 is 12.8 Å². The van der Waals surface area contributed by atoms with E-state index in [1.54, 1.807) is 30.5 Å². The first-order valence-electron chi connectivity index (χ1n) is 9.29. The van der Waals surface area contributed by atoms with Crippen molar-refractivity contribution in [3.63, 3.8) is 0 Å². The van der Waals surface area contributed by atoms with Crippen molar-refractivity contribution in [2.45, 2.75) is 18.0 Å². The second-order valence-corrected chi connectivity index (χ2v) is 8.98. The lowest BCUT2D eigenvalue weighted by Gasteiger charge is -2.22. The lowest BCUT2D eigenvalue weighted by molar-refractivity contribution is 0.390. The van der Waals surface area contributed by atoms with Crippen molar-refractivity contribution in [1.29, 1.82) is 0 Å². The fourth-order valence-electron chi connectivity index (χ4n) is 2.91. The van der Waals surface area contributed by atoms with Gasteiger partial charge in [0.2, 0.25) is 10.0 Å². The average Bonchev–Trinajstić information content (AvgIpc) is 2.79. The van der Waals surface area contributed by atoms with Crippen molar-refractivity contribution in [2.75, 3.05) is 0 Å². The monoisotopic (exact) mass is 474 g/mol. The highest BCUT2D eigenvalue weighted by Gasteiger charge is 2.26. The molecule has 3 aromatic rings. The molecule has 11 heteroatoms. The highest BCUT2D eigenvalue weighted by atomic mass is 35.5. The molecule has 0 aliphatic heterocycles. The molecule has 0 atom stereocenters. The van der Waals surface area contributed by atoms with Crippen LogP contribution in [0.25, 0.3) is 0 Å². The molecule has 0 saturated heterocycles. The molecule has 0 radical (unpaired) electrons. The molecule has 0 bridgehead atoms. The molecular weight excluding hydrogens is 455 g/mol. The summed E-state index contributed by atoms with van der Waals surface area (Å²) < 4.78 is 42.7. The minimum Gasteiger partial charge on any atom is -0.321 e. The number of hydrogen-bond acceptors (Lipinski definition) is 6. The summed E-state index contributed by atoms with van der Waals surface area (Å²) in [6.07, 6.45) is 1.56. The number of hydrazone groups is 2. The zero-order chi connectivity index (χ0) is 23.1. The minimum atomic E-state index is -3.98. The quantitative estimate of drug-likeness (QED) is 0.225. The molecule has 1 aromatic heterocycles. The molecule has 32 heavy (non-hydrogen) atoms. The van der Waals surface area contributed by atoms with Crippen LogP contribution in [-0.4, -0.2) is 30.3 Å². The van der Waals surface area contributed by atoms with Gasteiger partial charge in [0.05, 0.1) is 17.1 Å². The van der Waals surface area contributed by atoms with Crippen LogP contribution in [0.3, 0.4) is 0 Å². The van der Waals surface area contributed by atoms with Crippen LogP contribution in [0.5, 0.6) is 0 Å². The molecule has 1 heterocycles. The number of nitrogens with one attached hydrogen (secondary N) is 1. The molecule has 3 N–H and O–H groups in total. The predicted octanol–water partition coefficient (Wildman–Crippen LogP) is 3.09. The number of nitrogens with two attached hydrogens (primary N) is 1. The van der Waals surface area contributed by atoms with E-state index in [-0.39, 0.29) is 29.4 Å². The van der Waals surface area contributed by atoms with Crippen LogP contribution in [0, 0.1) is 5.82 Å². The summed E-state index contributed by atoms with van der Waals surface area (Å²) in [5.74, 6) is 4.77. The highest BCUT2D eigenvalue weighted by Crippen LogP contribution is 2.23. The van der Waals surface area contributed by atoms with Crippen LogP contribution in [0.4, 0.5) is 4.39 Å². The van der Waals surface area contributed by atoms with Crippen LogP contribution in [-0.2, 0) is 23.1 Å². The topological polar surface area (TPSA) is 113 Å². The van der Waals surface area contributed by atoms with Gasteiger partial charge in [0, 0.05) is 35.6 Å². The van der Waals surface area contributed by atoms with E-state index in [9.17, 15) is 12.8 Å². The summed E-state index contributed by atoms with van der Waals surface area (Å²) in [5, 5.41) is 7.37.